The lowest BCUT2D eigenvalue weighted by Crippen LogP contribution is -2.33. The average molecular weight is 389 g/mol. The number of ether oxygens (including phenoxy) is 1. The minimum atomic E-state index is -0.182. The molecule has 0 spiro atoms. The van der Waals surface area contributed by atoms with E-state index < -0.39 is 0 Å². The molecule has 1 amide bonds. The zero-order chi connectivity index (χ0) is 19.8. The minimum absolute atomic E-state index is 0.182. The summed E-state index contributed by atoms with van der Waals surface area (Å²) in [6.07, 6.45) is 12.6. The number of aryl methyl sites for hydroxylation is 1. The van der Waals surface area contributed by atoms with E-state index in [1.807, 2.05) is 0 Å². The molecule has 3 rings (SSSR count). The highest BCUT2D eigenvalue weighted by atomic mass is 16.5. The Labute approximate surface area is 167 Å². The molecular weight excluding hydrogens is 356 g/mol. The Balaban J connectivity index is 1.35. The van der Waals surface area contributed by atoms with Gasteiger partial charge in [-0.1, -0.05) is 18.6 Å². The standard InChI is InChI=1S/C20H32N6O2/c1-16(27)22-19-23-20(25(2)24-19)21-10-7-13-28-18-9-6-8-17(14-18)15-26-11-4-3-5-12-26/h6,8,14,17H,3-5,7,9-13,15H2,1-2H3,(H2,21,22,23,24,27). The van der Waals surface area contributed by atoms with Crippen LogP contribution in [0.3, 0.4) is 0 Å². The summed E-state index contributed by atoms with van der Waals surface area (Å²) >= 11 is 0. The van der Waals surface area contributed by atoms with E-state index in [0.717, 1.165) is 31.7 Å². The number of nitrogens with zero attached hydrogens (tertiary/aromatic N) is 4. The van der Waals surface area contributed by atoms with Gasteiger partial charge in [-0.3, -0.25) is 10.1 Å². The van der Waals surface area contributed by atoms with Gasteiger partial charge in [-0.05, 0) is 38.4 Å². The number of hydrogen-bond acceptors (Lipinski definition) is 6. The van der Waals surface area contributed by atoms with Crippen LogP contribution in [0.1, 0.15) is 39.0 Å². The summed E-state index contributed by atoms with van der Waals surface area (Å²) in [5.41, 5.74) is 0. The van der Waals surface area contributed by atoms with E-state index in [-0.39, 0.29) is 5.91 Å². The van der Waals surface area contributed by atoms with Gasteiger partial charge < -0.3 is 15.0 Å². The number of nitrogens with one attached hydrogen (secondary N) is 2. The van der Waals surface area contributed by atoms with Gasteiger partial charge >= 0.3 is 0 Å². The summed E-state index contributed by atoms with van der Waals surface area (Å²) in [4.78, 5) is 17.9. The smallest absolute Gasteiger partial charge is 0.250 e. The second-order valence-corrected chi connectivity index (χ2v) is 7.48. The third-order valence-electron chi connectivity index (χ3n) is 4.96. The first-order valence-corrected chi connectivity index (χ1v) is 10.2. The molecule has 8 nitrogen and oxygen atoms in total. The fourth-order valence-electron chi connectivity index (χ4n) is 3.61. The third kappa shape index (κ3) is 6.37. The molecule has 154 valence electrons. The number of rotatable bonds is 9. The Kier molecular flexibility index (Phi) is 7.47. The molecule has 1 aliphatic heterocycles. The van der Waals surface area contributed by atoms with Crippen LogP contribution in [-0.2, 0) is 16.6 Å². The van der Waals surface area contributed by atoms with Crippen LogP contribution in [-0.4, -0.2) is 58.4 Å². The Hall–Kier alpha value is -2.35. The zero-order valence-corrected chi connectivity index (χ0v) is 17.0. The van der Waals surface area contributed by atoms with Gasteiger partial charge in [-0.25, -0.2) is 4.68 Å². The Morgan fingerprint density at radius 3 is 2.93 bits per heavy atom. The van der Waals surface area contributed by atoms with Crippen LogP contribution in [0.4, 0.5) is 11.9 Å². The van der Waals surface area contributed by atoms with E-state index >= 15 is 0 Å². The van der Waals surface area contributed by atoms with Crippen molar-refractivity contribution in [1.82, 2.24) is 19.7 Å². The summed E-state index contributed by atoms with van der Waals surface area (Å²) in [5.74, 6) is 2.30. The molecule has 0 radical (unpaired) electrons. The maximum absolute atomic E-state index is 11.1. The average Bonchev–Trinajstić information content (AvgIpc) is 3.01. The van der Waals surface area contributed by atoms with Gasteiger partial charge in [0.2, 0.25) is 11.9 Å². The highest BCUT2D eigenvalue weighted by molar-refractivity contribution is 5.86. The number of piperidine rings is 1. The summed E-state index contributed by atoms with van der Waals surface area (Å²) in [6, 6.07) is 0. The van der Waals surface area contributed by atoms with Crippen LogP contribution in [0.5, 0.6) is 0 Å². The molecule has 1 aliphatic carbocycles. The lowest BCUT2D eigenvalue weighted by atomic mass is 10.00. The molecular formula is C20H32N6O2. The summed E-state index contributed by atoms with van der Waals surface area (Å²) in [7, 11) is 1.79. The number of amides is 1. The Bertz CT molecular complexity index is 706. The number of carbonyl (C=O) groups is 1. The largest absolute Gasteiger partial charge is 0.498 e. The van der Waals surface area contributed by atoms with Crippen molar-refractivity contribution in [2.24, 2.45) is 13.0 Å². The Morgan fingerprint density at radius 1 is 1.32 bits per heavy atom. The fourth-order valence-corrected chi connectivity index (χ4v) is 3.61. The molecule has 2 N–H and O–H groups in total. The van der Waals surface area contributed by atoms with Crippen molar-refractivity contribution >= 4 is 17.8 Å². The molecule has 1 aromatic rings. The lowest BCUT2D eigenvalue weighted by Gasteiger charge is -2.29. The predicted molar refractivity (Wildman–Crippen MR) is 110 cm³/mol. The maximum atomic E-state index is 11.1. The van der Waals surface area contributed by atoms with Gasteiger partial charge in [0.05, 0.1) is 12.4 Å². The first-order chi connectivity index (χ1) is 13.6. The predicted octanol–water partition coefficient (Wildman–Crippen LogP) is 2.54. The van der Waals surface area contributed by atoms with E-state index in [1.165, 1.54) is 39.3 Å². The first-order valence-electron chi connectivity index (χ1n) is 10.2. The SMILES string of the molecule is CC(=O)Nc1nc(NCCCOC2=CC(CN3CCCCC3)C=CC2)n(C)n1. The van der Waals surface area contributed by atoms with Crippen molar-refractivity contribution in [2.45, 2.75) is 39.0 Å². The first kappa shape index (κ1) is 20.4. The topological polar surface area (TPSA) is 84.3 Å². The number of allylic oxidation sites excluding steroid dienone is 1. The molecule has 1 fully saturated rings. The minimum Gasteiger partial charge on any atom is -0.498 e. The number of carbonyl (C=O) groups excluding carboxylic acids is 1. The van der Waals surface area contributed by atoms with Gasteiger partial charge in [-0.15, -0.1) is 5.10 Å². The molecule has 8 heteroatoms. The van der Waals surface area contributed by atoms with E-state index in [1.54, 1.807) is 11.7 Å². The van der Waals surface area contributed by atoms with Crippen molar-refractivity contribution < 1.29 is 9.53 Å². The molecule has 1 saturated heterocycles. The lowest BCUT2D eigenvalue weighted by molar-refractivity contribution is -0.114. The maximum Gasteiger partial charge on any atom is 0.250 e. The number of aromatic nitrogens is 3. The molecule has 0 bridgehead atoms. The molecule has 28 heavy (non-hydrogen) atoms. The summed E-state index contributed by atoms with van der Waals surface area (Å²) < 4.78 is 7.60. The second-order valence-electron chi connectivity index (χ2n) is 7.48. The van der Waals surface area contributed by atoms with Gasteiger partial charge in [0.1, 0.15) is 0 Å². The van der Waals surface area contributed by atoms with Crippen LogP contribution in [0.15, 0.2) is 24.0 Å². The third-order valence-corrected chi connectivity index (χ3v) is 4.96. The van der Waals surface area contributed by atoms with Crippen LogP contribution >= 0.6 is 0 Å². The monoisotopic (exact) mass is 388 g/mol. The van der Waals surface area contributed by atoms with Crippen molar-refractivity contribution in [3.05, 3.63) is 24.0 Å². The number of anilines is 2. The molecule has 2 heterocycles. The van der Waals surface area contributed by atoms with E-state index in [9.17, 15) is 4.79 Å². The molecule has 1 aromatic heterocycles. The van der Waals surface area contributed by atoms with Gasteiger partial charge in [0.25, 0.3) is 5.95 Å². The molecule has 0 aromatic carbocycles. The van der Waals surface area contributed by atoms with Crippen LogP contribution in [0.25, 0.3) is 0 Å². The van der Waals surface area contributed by atoms with Crippen molar-refractivity contribution in [1.29, 1.82) is 0 Å². The highest BCUT2D eigenvalue weighted by Gasteiger charge is 2.16. The number of hydrogen-bond donors (Lipinski definition) is 2. The molecule has 2 aliphatic rings. The highest BCUT2D eigenvalue weighted by Crippen LogP contribution is 2.20. The Morgan fingerprint density at radius 2 is 2.14 bits per heavy atom. The van der Waals surface area contributed by atoms with E-state index in [4.69, 9.17) is 4.74 Å². The fraction of sp³-hybridized carbons (Fsp3) is 0.650. The van der Waals surface area contributed by atoms with E-state index in [0.29, 0.717) is 24.4 Å². The van der Waals surface area contributed by atoms with Crippen molar-refractivity contribution in [3.63, 3.8) is 0 Å². The summed E-state index contributed by atoms with van der Waals surface area (Å²) in [5, 5.41) is 9.94. The molecule has 0 saturated carbocycles. The van der Waals surface area contributed by atoms with Crippen LogP contribution in [0.2, 0.25) is 0 Å². The quantitative estimate of drug-likeness (QED) is 0.500. The zero-order valence-electron chi connectivity index (χ0n) is 17.0. The van der Waals surface area contributed by atoms with Gasteiger partial charge in [-0.2, -0.15) is 4.98 Å². The van der Waals surface area contributed by atoms with Crippen LogP contribution < -0.4 is 10.6 Å². The number of likely N-dealkylation sites (tertiary alicyclic amines) is 1. The second kappa shape index (κ2) is 10.3. The molecule has 1 atom stereocenters. The van der Waals surface area contributed by atoms with E-state index in [2.05, 4.69) is 43.8 Å². The van der Waals surface area contributed by atoms with Crippen LogP contribution in [0, 0.1) is 5.92 Å². The normalized spacial score (nSPS) is 19.9. The van der Waals surface area contributed by atoms with Gasteiger partial charge in [0, 0.05) is 39.4 Å². The summed E-state index contributed by atoms with van der Waals surface area (Å²) in [6.45, 7) is 6.39. The van der Waals surface area contributed by atoms with Crippen molar-refractivity contribution in [2.75, 3.05) is 43.4 Å². The molecule has 1 unspecified atom stereocenters. The van der Waals surface area contributed by atoms with Gasteiger partial charge in [0.15, 0.2) is 0 Å². The van der Waals surface area contributed by atoms with Crippen molar-refractivity contribution in [3.8, 4) is 0 Å².